The Labute approximate surface area is 210 Å². The summed E-state index contributed by atoms with van der Waals surface area (Å²) in [5.41, 5.74) is 9.26. The summed E-state index contributed by atoms with van der Waals surface area (Å²) in [7, 11) is 1.43. The predicted molar refractivity (Wildman–Crippen MR) is 147 cm³/mol. The number of allylic oxidation sites excluding steroid dienone is 1. The first kappa shape index (κ1) is 26.0. The molecule has 3 aromatic carbocycles. The zero-order valence-electron chi connectivity index (χ0n) is 21.5. The Morgan fingerprint density at radius 3 is 2.31 bits per heavy atom. The number of ether oxygens (including phenoxy) is 1. The topological polar surface area (TPSA) is 41.9 Å². The second-order valence-electron chi connectivity index (χ2n) is 7.98. The van der Waals surface area contributed by atoms with Gasteiger partial charge in [-0.1, -0.05) is 94.4 Å². The van der Waals surface area contributed by atoms with E-state index >= 15 is 0 Å². The van der Waals surface area contributed by atoms with E-state index in [1.165, 1.54) is 29.5 Å². The van der Waals surface area contributed by atoms with Gasteiger partial charge in [-0.25, -0.2) is 0 Å². The third-order valence-corrected chi connectivity index (χ3v) is 5.93. The van der Waals surface area contributed by atoms with E-state index in [1.54, 1.807) is 0 Å². The molecule has 4 heteroatoms. The van der Waals surface area contributed by atoms with Gasteiger partial charge in [-0.05, 0) is 34.4 Å². The average Bonchev–Trinajstić information content (AvgIpc) is 3.59. The monoisotopic (exact) mass is 468 g/mol. The van der Waals surface area contributed by atoms with Crippen molar-refractivity contribution < 1.29 is 9.53 Å². The SMILES string of the molecule is CC.CC.COC(=O)Cc1ccc2c(c1)CN(c1cccc(C3=CCC(c4ccccc4)=N3)c1)C2. The van der Waals surface area contributed by atoms with Crippen molar-refractivity contribution in [3.05, 3.63) is 107 Å². The maximum absolute atomic E-state index is 11.6. The molecule has 5 rings (SSSR count). The minimum absolute atomic E-state index is 0.206. The van der Waals surface area contributed by atoms with E-state index in [-0.39, 0.29) is 5.97 Å². The van der Waals surface area contributed by atoms with Gasteiger partial charge in [0.25, 0.3) is 0 Å². The Bertz CT molecular complexity index is 1200. The number of methoxy groups -OCH3 is 1. The summed E-state index contributed by atoms with van der Waals surface area (Å²) < 4.78 is 4.80. The van der Waals surface area contributed by atoms with E-state index in [4.69, 9.17) is 9.73 Å². The first-order valence-corrected chi connectivity index (χ1v) is 12.6. The number of hydrogen-bond acceptors (Lipinski definition) is 4. The van der Waals surface area contributed by atoms with Gasteiger partial charge in [0.05, 0.1) is 24.9 Å². The van der Waals surface area contributed by atoms with Crippen LogP contribution >= 0.6 is 0 Å². The highest BCUT2D eigenvalue weighted by atomic mass is 16.5. The van der Waals surface area contributed by atoms with E-state index in [1.807, 2.05) is 39.8 Å². The lowest BCUT2D eigenvalue weighted by atomic mass is 10.0. The molecule has 3 aromatic rings. The quantitative estimate of drug-likeness (QED) is 0.372. The van der Waals surface area contributed by atoms with Crippen LogP contribution in [0.3, 0.4) is 0 Å². The first-order valence-electron chi connectivity index (χ1n) is 12.6. The number of aliphatic imine (C=N–C) groups is 1. The fourth-order valence-corrected chi connectivity index (χ4v) is 4.27. The minimum Gasteiger partial charge on any atom is -0.469 e. The number of hydrogen-bond donors (Lipinski definition) is 0. The molecule has 0 atom stereocenters. The van der Waals surface area contributed by atoms with Crippen LogP contribution in [0.25, 0.3) is 5.70 Å². The number of carbonyl (C=O) groups excluding carboxylic acids is 1. The van der Waals surface area contributed by atoms with Gasteiger partial charge in [-0.2, -0.15) is 0 Å². The van der Waals surface area contributed by atoms with Crippen molar-refractivity contribution in [3.8, 4) is 0 Å². The zero-order valence-corrected chi connectivity index (χ0v) is 21.5. The summed E-state index contributed by atoms with van der Waals surface area (Å²) in [6.45, 7) is 9.71. The van der Waals surface area contributed by atoms with E-state index in [0.29, 0.717) is 6.42 Å². The van der Waals surface area contributed by atoms with Crippen LogP contribution in [0.4, 0.5) is 5.69 Å². The Balaban J connectivity index is 0.000000815. The molecule has 182 valence electrons. The van der Waals surface area contributed by atoms with E-state index in [9.17, 15) is 4.79 Å². The maximum atomic E-state index is 11.6. The largest absolute Gasteiger partial charge is 0.469 e. The standard InChI is InChI=1S/C27H24N2O2.2C2H6/c1-31-27(30)15-19-10-11-22-17-29(18-23(22)14-19)24-9-5-8-21(16-24)26-13-12-25(28-26)20-6-3-2-4-7-20;2*1-2/h2-11,13-14,16H,12,15,17-18H2,1H3;2*1-2H3. The van der Waals surface area contributed by atoms with Gasteiger partial charge in [0.1, 0.15) is 0 Å². The van der Waals surface area contributed by atoms with Crippen LogP contribution in [-0.2, 0) is 29.0 Å². The summed E-state index contributed by atoms with van der Waals surface area (Å²) in [5.74, 6) is -0.206. The van der Waals surface area contributed by atoms with Crippen LogP contribution in [0, 0.1) is 0 Å². The number of anilines is 1. The molecule has 2 aliphatic rings. The molecule has 0 saturated heterocycles. The van der Waals surface area contributed by atoms with Gasteiger partial charge in [0, 0.05) is 30.8 Å². The van der Waals surface area contributed by atoms with Crippen LogP contribution in [0.1, 0.15) is 61.9 Å². The first-order chi connectivity index (χ1) is 17.2. The maximum Gasteiger partial charge on any atom is 0.309 e. The number of rotatable bonds is 5. The third kappa shape index (κ3) is 6.27. The van der Waals surface area contributed by atoms with Crippen molar-refractivity contribution in [1.82, 2.24) is 0 Å². The van der Waals surface area contributed by atoms with Crippen LogP contribution in [0.15, 0.2) is 83.9 Å². The van der Waals surface area contributed by atoms with Crippen LogP contribution in [0.2, 0.25) is 0 Å². The summed E-state index contributed by atoms with van der Waals surface area (Å²) >= 11 is 0. The summed E-state index contributed by atoms with van der Waals surface area (Å²) in [5, 5.41) is 0. The summed E-state index contributed by atoms with van der Waals surface area (Å²) in [4.78, 5) is 18.9. The van der Waals surface area contributed by atoms with Crippen molar-refractivity contribution in [3.63, 3.8) is 0 Å². The van der Waals surface area contributed by atoms with Crippen LogP contribution in [0.5, 0.6) is 0 Å². The molecule has 35 heavy (non-hydrogen) atoms. The normalized spacial score (nSPS) is 13.5. The predicted octanol–water partition coefficient (Wildman–Crippen LogP) is 7.21. The molecule has 0 fully saturated rings. The van der Waals surface area contributed by atoms with E-state index < -0.39 is 0 Å². The molecule has 0 aromatic heterocycles. The van der Waals surface area contributed by atoms with Gasteiger partial charge >= 0.3 is 5.97 Å². The number of benzene rings is 3. The van der Waals surface area contributed by atoms with Gasteiger partial charge in [-0.15, -0.1) is 0 Å². The number of carbonyl (C=O) groups is 1. The fourth-order valence-electron chi connectivity index (χ4n) is 4.27. The molecular weight excluding hydrogens is 432 g/mol. The molecule has 2 heterocycles. The molecule has 0 amide bonds. The zero-order chi connectivity index (χ0) is 25.2. The van der Waals surface area contributed by atoms with Gasteiger partial charge in [-0.3, -0.25) is 9.79 Å². The van der Waals surface area contributed by atoms with Gasteiger partial charge in [0.15, 0.2) is 0 Å². The van der Waals surface area contributed by atoms with Crippen molar-refractivity contribution in [2.45, 2.75) is 53.6 Å². The van der Waals surface area contributed by atoms with Gasteiger partial charge in [0.2, 0.25) is 0 Å². The Hall–Kier alpha value is -3.66. The molecule has 4 nitrogen and oxygen atoms in total. The van der Waals surface area contributed by atoms with E-state index in [2.05, 4.69) is 71.6 Å². The molecule has 2 aliphatic heterocycles. The van der Waals surface area contributed by atoms with Crippen LogP contribution in [-0.4, -0.2) is 18.8 Å². The molecule has 0 N–H and O–H groups in total. The molecule has 0 spiro atoms. The molecule has 0 radical (unpaired) electrons. The smallest absolute Gasteiger partial charge is 0.309 e. The Morgan fingerprint density at radius 2 is 1.57 bits per heavy atom. The van der Waals surface area contributed by atoms with Crippen molar-refractivity contribution in [1.29, 1.82) is 0 Å². The van der Waals surface area contributed by atoms with Crippen LogP contribution < -0.4 is 4.90 Å². The summed E-state index contributed by atoms with van der Waals surface area (Å²) in [6.07, 6.45) is 3.39. The minimum atomic E-state index is -0.206. The Morgan fingerprint density at radius 1 is 0.857 bits per heavy atom. The average molecular weight is 469 g/mol. The van der Waals surface area contributed by atoms with E-state index in [0.717, 1.165) is 42.0 Å². The molecule has 0 unspecified atom stereocenters. The fraction of sp³-hybridized carbons (Fsp3) is 0.290. The second-order valence-corrected chi connectivity index (χ2v) is 7.98. The summed E-state index contributed by atoms with van der Waals surface area (Å²) in [6, 6.07) is 25.3. The lowest BCUT2D eigenvalue weighted by molar-refractivity contribution is -0.139. The lowest BCUT2D eigenvalue weighted by Gasteiger charge is -2.18. The molecule has 0 saturated carbocycles. The number of nitrogens with zero attached hydrogens (tertiary/aromatic N) is 2. The highest BCUT2D eigenvalue weighted by Gasteiger charge is 2.21. The lowest BCUT2D eigenvalue weighted by Crippen LogP contribution is -2.14. The third-order valence-electron chi connectivity index (χ3n) is 5.93. The highest BCUT2D eigenvalue weighted by molar-refractivity contribution is 6.07. The molecule has 0 aliphatic carbocycles. The van der Waals surface area contributed by atoms with Crippen molar-refractivity contribution >= 4 is 23.1 Å². The molecule has 0 bridgehead atoms. The molecular formula is C31H36N2O2. The van der Waals surface area contributed by atoms with Crippen molar-refractivity contribution in [2.24, 2.45) is 4.99 Å². The highest BCUT2D eigenvalue weighted by Crippen LogP contribution is 2.32. The van der Waals surface area contributed by atoms with Crippen molar-refractivity contribution in [2.75, 3.05) is 12.0 Å². The Kier molecular flexibility index (Phi) is 9.42. The number of esters is 1. The van der Waals surface area contributed by atoms with Gasteiger partial charge < -0.3 is 9.64 Å². The second kappa shape index (κ2) is 12.7. The number of fused-ring (bicyclic) bond motifs is 1.